The number of phenols is 1. The van der Waals surface area contributed by atoms with E-state index in [2.05, 4.69) is 9.71 Å². The van der Waals surface area contributed by atoms with Gasteiger partial charge in [0.05, 0.1) is 23.4 Å². The van der Waals surface area contributed by atoms with Crippen LogP contribution in [-0.2, 0) is 10.0 Å². The van der Waals surface area contributed by atoms with Crippen LogP contribution < -0.4 is 9.46 Å². The van der Waals surface area contributed by atoms with Crippen molar-refractivity contribution in [3.05, 3.63) is 78.1 Å². The van der Waals surface area contributed by atoms with Crippen LogP contribution in [0.1, 0.15) is 11.3 Å². The summed E-state index contributed by atoms with van der Waals surface area (Å²) in [5.74, 6) is 0.755. The number of anilines is 1. The highest BCUT2D eigenvalue weighted by Crippen LogP contribution is 2.22. The van der Waals surface area contributed by atoms with E-state index in [0.29, 0.717) is 17.1 Å². The van der Waals surface area contributed by atoms with Crippen LogP contribution in [0.2, 0.25) is 0 Å². The molecule has 0 aliphatic carbocycles. The SMILES string of the molecule is COc1ccc(S(=O)(=O)Nc2cccnc2C=Cc2ccc(O)cc2)cc1. The molecule has 0 radical (unpaired) electrons. The van der Waals surface area contributed by atoms with Crippen molar-refractivity contribution in [3.8, 4) is 11.5 Å². The van der Waals surface area contributed by atoms with Crippen LogP contribution in [0.3, 0.4) is 0 Å². The first kappa shape index (κ1) is 18.5. The minimum Gasteiger partial charge on any atom is -0.508 e. The Morgan fingerprint density at radius 1 is 1.00 bits per heavy atom. The molecule has 1 aromatic heterocycles. The first-order chi connectivity index (χ1) is 13.0. The van der Waals surface area contributed by atoms with E-state index in [-0.39, 0.29) is 10.6 Å². The van der Waals surface area contributed by atoms with Crippen LogP contribution >= 0.6 is 0 Å². The molecule has 0 aliphatic heterocycles. The lowest BCUT2D eigenvalue weighted by molar-refractivity contribution is 0.414. The molecule has 3 aromatic rings. The van der Waals surface area contributed by atoms with E-state index < -0.39 is 10.0 Å². The van der Waals surface area contributed by atoms with Gasteiger partial charge in [0.15, 0.2) is 0 Å². The van der Waals surface area contributed by atoms with Crippen molar-refractivity contribution in [1.29, 1.82) is 0 Å². The van der Waals surface area contributed by atoms with Gasteiger partial charge in [-0.15, -0.1) is 0 Å². The second kappa shape index (κ2) is 7.92. The van der Waals surface area contributed by atoms with Gasteiger partial charge in [-0.1, -0.05) is 18.2 Å². The van der Waals surface area contributed by atoms with Crippen molar-refractivity contribution < 1.29 is 18.3 Å². The van der Waals surface area contributed by atoms with E-state index in [0.717, 1.165) is 5.56 Å². The molecule has 138 valence electrons. The van der Waals surface area contributed by atoms with Crippen molar-refractivity contribution in [1.82, 2.24) is 4.98 Å². The van der Waals surface area contributed by atoms with Gasteiger partial charge in [0.1, 0.15) is 11.5 Å². The molecule has 0 spiro atoms. The Morgan fingerprint density at radius 3 is 2.37 bits per heavy atom. The summed E-state index contributed by atoms with van der Waals surface area (Å²) in [5.41, 5.74) is 1.69. The van der Waals surface area contributed by atoms with E-state index in [1.54, 1.807) is 66.9 Å². The lowest BCUT2D eigenvalue weighted by Gasteiger charge is -2.10. The van der Waals surface area contributed by atoms with Gasteiger partial charge in [-0.25, -0.2) is 8.42 Å². The summed E-state index contributed by atoms with van der Waals surface area (Å²) in [6.07, 6.45) is 5.08. The third-order valence-corrected chi connectivity index (χ3v) is 5.16. The zero-order valence-corrected chi connectivity index (χ0v) is 15.3. The molecular weight excluding hydrogens is 364 g/mol. The summed E-state index contributed by atoms with van der Waals surface area (Å²) in [4.78, 5) is 4.36. The summed E-state index contributed by atoms with van der Waals surface area (Å²) in [7, 11) is -2.24. The number of pyridine rings is 1. The summed E-state index contributed by atoms with van der Waals surface area (Å²) in [6, 6.07) is 16.1. The van der Waals surface area contributed by atoms with Gasteiger partial charge in [0.25, 0.3) is 10.0 Å². The van der Waals surface area contributed by atoms with Crippen molar-refractivity contribution in [2.75, 3.05) is 11.8 Å². The molecule has 0 aliphatic rings. The summed E-state index contributed by atoms with van der Waals surface area (Å²) in [6.45, 7) is 0. The molecule has 1 heterocycles. The number of hydrogen-bond acceptors (Lipinski definition) is 5. The van der Waals surface area contributed by atoms with Gasteiger partial charge in [-0.3, -0.25) is 9.71 Å². The van der Waals surface area contributed by atoms with Crippen LogP contribution in [-0.4, -0.2) is 25.6 Å². The molecule has 3 rings (SSSR count). The molecule has 0 fully saturated rings. The van der Waals surface area contributed by atoms with E-state index in [1.165, 1.54) is 19.2 Å². The van der Waals surface area contributed by atoms with Gasteiger partial charge in [0.2, 0.25) is 0 Å². The predicted octanol–water partition coefficient (Wildman–Crippen LogP) is 3.77. The Bertz CT molecular complexity index is 1040. The van der Waals surface area contributed by atoms with Crippen LogP contribution in [0.15, 0.2) is 71.8 Å². The molecule has 2 aromatic carbocycles. The fourth-order valence-electron chi connectivity index (χ4n) is 2.36. The lowest BCUT2D eigenvalue weighted by atomic mass is 10.2. The molecule has 0 unspecified atom stereocenters. The van der Waals surface area contributed by atoms with Crippen LogP contribution in [0.4, 0.5) is 5.69 Å². The van der Waals surface area contributed by atoms with Crippen molar-refractivity contribution >= 4 is 27.9 Å². The van der Waals surface area contributed by atoms with Crippen molar-refractivity contribution in [2.45, 2.75) is 4.90 Å². The molecule has 0 saturated heterocycles. The fraction of sp³-hybridized carbons (Fsp3) is 0.0500. The third-order valence-electron chi connectivity index (χ3n) is 3.78. The fourth-order valence-corrected chi connectivity index (χ4v) is 3.43. The summed E-state index contributed by atoms with van der Waals surface area (Å²) < 4.78 is 32.9. The van der Waals surface area contributed by atoms with Gasteiger partial charge in [-0.05, 0) is 60.2 Å². The van der Waals surface area contributed by atoms with E-state index in [4.69, 9.17) is 4.74 Å². The molecule has 2 N–H and O–H groups in total. The second-order valence-electron chi connectivity index (χ2n) is 5.64. The first-order valence-corrected chi connectivity index (χ1v) is 9.55. The first-order valence-electron chi connectivity index (χ1n) is 8.07. The maximum absolute atomic E-state index is 12.6. The van der Waals surface area contributed by atoms with Gasteiger partial charge < -0.3 is 9.84 Å². The average molecular weight is 382 g/mol. The number of ether oxygens (including phenoxy) is 1. The molecule has 0 atom stereocenters. The number of nitrogens with one attached hydrogen (secondary N) is 1. The third kappa shape index (κ3) is 4.65. The normalized spacial score (nSPS) is 11.4. The lowest BCUT2D eigenvalue weighted by Crippen LogP contribution is -2.14. The smallest absolute Gasteiger partial charge is 0.261 e. The molecule has 0 bridgehead atoms. The number of phenolic OH excluding ortho intramolecular Hbond substituents is 1. The second-order valence-corrected chi connectivity index (χ2v) is 7.32. The Labute approximate surface area is 157 Å². The minimum absolute atomic E-state index is 0.126. The number of aromatic hydroxyl groups is 1. The van der Waals surface area contributed by atoms with Crippen LogP contribution in [0.25, 0.3) is 12.2 Å². The van der Waals surface area contributed by atoms with Gasteiger partial charge in [0, 0.05) is 6.20 Å². The number of hydrogen-bond donors (Lipinski definition) is 2. The maximum Gasteiger partial charge on any atom is 0.261 e. The van der Waals surface area contributed by atoms with Crippen LogP contribution in [0, 0.1) is 0 Å². The maximum atomic E-state index is 12.6. The van der Waals surface area contributed by atoms with Gasteiger partial charge >= 0.3 is 0 Å². The molecule has 0 saturated carbocycles. The number of methoxy groups -OCH3 is 1. The standard InChI is InChI=1S/C20H18N2O4S/c1-26-17-9-11-18(12-10-17)27(24,25)22-20-3-2-14-21-19(20)13-6-15-4-7-16(23)8-5-15/h2-14,22-23H,1H3. The van der Waals surface area contributed by atoms with E-state index in [9.17, 15) is 13.5 Å². The molecule has 7 heteroatoms. The topological polar surface area (TPSA) is 88.5 Å². The zero-order valence-electron chi connectivity index (χ0n) is 14.5. The Kier molecular flexibility index (Phi) is 5.42. The largest absolute Gasteiger partial charge is 0.508 e. The van der Waals surface area contributed by atoms with E-state index in [1.807, 2.05) is 0 Å². The molecule has 27 heavy (non-hydrogen) atoms. The predicted molar refractivity (Wildman–Crippen MR) is 105 cm³/mol. The minimum atomic E-state index is -3.76. The summed E-state index contributed by atoms with van der Waals surface area (Å²) in [5, 5.41) is 9.33. The highest BCUT2D eigenvalue weighted by Gasteiger charge is 2.15. The number of sulfonamides is 1. The quantitative estimate of drug-likeness (QED) is 0.677. The number of benzene rings is 2. The monoisotopic (exact) mass is 382 g/mol. The highest BCUT2D eigenvalue weighted by atomic mass is 32.2. The zero-order chi connectivity index (χ0) is 19.3. The summed E-state index contributed by atoms with van der Waals surface area (Å²) >= 11 is 0. The molecular formula is C20H18N2O4S. The van der Waals surface area contributed by atoms with Crippen molar-refractivity contribution in [2.24, 2.45) is 0 Å². The number of aromatic nitrogens is 1. The number of nitrogens with zero attached hydrogens (tertiary/aromatic N) is 1. The average Bonchev–Trinajstić information content (AvgIpc) is 2.68. The van der Waals surface area contributed by atoms with Gasteiger partial charge in [-0.2, -0.15) is 0 Å². The number of rotatable bonds is 6. The Morgan fingerprint density at radius 2 is 1.70 bits per heavy atom. The molecule has 6 nitrogen and oxygen atoms in total. The highest BCUT2D eigenvalue weighted by molar-refractivity contribution is 7.92. The Hall–Kier alpha value is -3.32. The molecule has 0 amide bonds. The van der Waals surface area contributed by atoms with Crippen molar-refractivity contribution in [3.63, 3.8) is 0 Å². The van der Waals surface area contributed by atoms with Crippen LogP contribution in [0.5, 0.6) is 11.5 Å². The van der Waals surface area contributed by atoms with E-state index >= 15 is 0 Å². The Balaban J connectivity index is 1.85.